The molecule has 2 aromatic heterocycles. The molecule has 0 fully saturated rings. The Balaban J connectivity index is 2.19. The average Bonchev–Trinajstić information content (AvgIpc) is 2.85. The largest absolute Gasteiger partial charge is 0.481 e. The maximum Gasteiger partial charge on any atom is 0.221 e. The number of rotatable bonds is 4. The standard InChI is InChI=1S/C11H15N5O/c1-7-10(12-6-13-11(7)17-3)16-8(2)9-4-14-15-5-9/h4-6,8H,1-3H3,(H,14,15)(H,12,13,16). The van der Waals surface area contributed by atoms with E-state index in [0.717, 1.165) is 16.9 Å². The van der Waals surface area contributed by atoms with Crippen molar-refractivity contribution in [1.82, 2.24) is 20.2 Å². The fourth-order valence-electron chi connectivity index (χ4n) is 1.57. The van der Waals surface area contributed by atoms with Crippen LogP contribution < -0.4 is 10.1 Å². The first kappa shape index (κ1) is 11.4. The minimum atomic E-state index is 0.118. The van der Waals surface area contributed by atoms with Crippen LogP contribution in [0.5, 0.6) is 5.88 Å². The Morgan fingerprint density at radius 3 is 2.88 bits per heavy atom. The molecule has 0 saturated carbocycles. The maximum absolute atomic E-state index is 5.15. The number of H-pyrrole nitrogens is 1. The highest BCUT2D eigenvalue weighted by Gasteiger charge is 2.11. The van der Waals surface area contributed by atoms with Gasteiger partial charge in [0, 0.05) is 11.8 Å². The van der Waals surface area contributed by atoms with Crippen LogP contribution in [0.4, 0.5) is 5.82 Å². The van der Waals surface area contributed by atoms with E-state index in [1.54, 1.807) is 13.3 Å². The summed E-state index contributed by atoms with van der Waals surface area (Å²) < 4.78 is 5.15. The van der Waals surface area contributed by atoms with Crippen molar-refractivity contribution in [3.05, 3.63) is 29.8 Å². The van der Waals surface area contributed by atoms with Gasteiger partial charge < -0.3 is 10.1 Å². The fourth-order valence-corrected chi connectivity index (χ4v) is 1.57. The van der Waals surface area contributed by atoms with Crippen LogP contribution in [0.15, 0.2) is 18.7 Å². The summed E-state index contributed by atoms with van der Waals surface area (Å²) in [6.45, 7) is 3.96. The number of anilines is 1. The second-order valence-corrected chi connectivity index (χ2v) is 3.75. The molecule has 0 radical (unpaired) electrons. The number of hydrogen-bond acceptors (Lipinski definition) is 5. The normalized spacial score (nSPS) is 12.2. The van der Waals surface area contributed by atoms with E-state index in [-0.39, 0.29) is 6.04 Å². The predicted octanol–water partition coefficient (Wildman–Crippen LogP) is 1.69. The second-order valence-electron chi connectivity index (χ2n) is 3.75. The summed E-state index contributed by atoms with van der Waals surface area (Å²) in [7, 11) is 1.60. The van der Waals surface area contributed by atoms with Crippen LogP contribution in [-0.2, 0) is 0 Å². The Labute approximate surface area is 99.4 Å². The molecule has 0 amide bonds. The van der Waals surface area contributed by atoms with Crippen molar-refractivity contribution in [2.45, 2.75) is 19.9 Å². The molecule has 6 heteroatoms. The molecule has 2 heterocycles. The van der Waals surface area contributed by atoms with Crippen molar-refractivity contribution in [2.75, 3.05) is 12.4 Å². The van der Waals surface area contributed by atoms with Crippen molar-refractivity contribution in [1.29, 1.82) is 0 Å². The van der Waals surface area contributed by atoms with Crippen LogP contribution in [0.3, 0.4) is 0 Å². The van der Waals surface area contributed by atoms with Gasteiger partial charge >= 0.3 is 0 Å². The minimum Gasteiger partial charge on any atom is -0.481 e. The monoisotopic (exact) mass is 233 g/mol. The molecule has 6 nitrogen and oxygen atoms in total. The summed E-state index contributed by atoms with van der Waals surface area (Å²) >= 11 is 0. The third-order valence-corrected chi connectivity index (χ3v) is 2.60. The molecule has 0 aliphatic heterocycles. The van der Waals surface area contributed by atoms with Gasteiger partial charge in [0.1, 0.15) is 12.1 Å². The Bertz CT molecular complexity index is 483. The van der Waals surface area contributed by atoms with Gasteiger partial charge in [-0.3, -0.25) is 5.10 Å². The molecule has 0 aliphatic carbocycles. The zero-order chi connectivity index (χ0) is 12.3. The molecule has 0 aliphatic rings. The van der Waals surface area contributed by atoms with Gasteiger partial charge in [-0.25, -0.2) is 9.97 Å². The lowest BCUT2D eigenvalue weighted by Gasteiger charge is -2.15. The Morgan fingerprint density at radius 2 is 2.24 bits per heavy atom. The summed E-state index contributed by atoms with van der Waals surface area (Å²) in [5.74, 6) is 1.35. The summed E-state index contributed by atoms with van der Waals surface area (Å²) in [6.07, 6.45) is 5.12. The Kier molecular flexibility index (Phi) is 3.22. The van der Waals surface area contributed by atoms with E-state index in [1.165, 1.54) is 6.33 Å². The van der Waals surface area contributed by atoms with Gasteiger partial charge in [0.25, 0.3) is 0 Å². The number of aromatic nitrogens is 4. The summed E-state index contributed by atoms with van der Waals surface area (Å²) in [6, 6.07) is 0.118. The molecule has 1 atom stereocenters. The topological polar surface area (TPSA) is 75.7 Å². The first-order valence-corrected chi connectivity index (χ1v) is 5.33. The maximum atomic E-state index is 5.15. The Morgan fingerprint density at radius 1 is 1.41 bits per heavy atom. The molecular formula is C11H15N5O. The zero-order valence-electron chi connectivity index (χ0n) is 10.1. The van der Waals surface area contributed by atoms with Crippen molar-refractivity contribution in [2.24, 2.45) is 0 Å². The average molecular weight is 233 g/mol. The number of hydrogen-bond donors (Lipinski definition) is 2. The lowest BCUT2D eigenvalue weighted by molar-refractivity contribution is 0.393. The van der Waals surface area contributed by atoms with E-state index in [2.05, 4.69) is 25.5 Å². The molecule has 2 aromatic rings. The predicted molar refractivity (Wildman–Crippen MR) is 63.9 cm³/mol. The van der Waals surface area contributed by atoms with Gasteiger partial charge in [0.05, 0.1) is 24.9 Å². The second kappa shape index (κ2) is 4.82. The first-order chi connectivity index (χ1) is 8.22. The molecule has 0 bridgehead atoms. The molecule has 0 saturated heterocycles. The number of ether oxygens (including phenoxy) is 1. The van der Waals surface area contributed by atoms with Crippen LogP contribution in [0.25, 0.3) is 0 Å². The number of nitrogens with zero attached hydrogens (tertiary/aromatic N) is 3. The van der Waals surface area contributed by atoms with Gasteiger partial charge in [0.2, 0.25) is 5.88 Å². The molecule has 0 aromatic carbocycles. The van der Waals surface area contributed by atoms with Gasteiger partial charge in [-0.1, -0.05) is 0 Å². The Hall–Kier alpha value is -2.11. The van der Waals surface area contributed by atoms with Crippen LogP contribution >= 0.6 is 0 Å². The van der Waals surface area contributed by atoms with E-state index < -0.39 is 0 Å². The van der Waals surface area contributed by atoms with Gasteiger partial charge in [-0.15, -0.1) is 0 Å². The van der Waals surface area contributed by atoms with Crippen LogP contribution in [-0.4, -0.2) is 27.3 Å². The molecule has 2 rings (SSSR count). The van der Waals surface area contributed by atoms with E-state index >= 15 is 0 Å². The molecule has 17 heavy (non-hydrogen) atoms. The lowest BCUT2D eigenvalue weighted by Crippen LogP contribution is -2.09. The quantitative estimate of drug-likeness (QED) is 0.840. The zero-order valence-corrected chi connectivity index (χ0v) is 10.1. The van der Waals surface area contributed by atoms with Crippen LogP contribution in [0.2, 0.25) is 0 Å². The fraction of sp³-hybridized carbons (Fsp3) is 0.364. The van der Waals surface area contributed by atoms with Gasteiger partial charge in [-0.05, 0) is 13.8 Å². The number of nitrogens with one attached hydrogen (secondary N) is 2. The van der Waals surface area contributed by atoms with Crippen molar-refractivity contribution in [3.63, 3.8) is 0 Å². The summed E-state index contributed by atoms with van der Waals surface area (Å²) in [5.41, 5.74) is 1.97. The number of aromatic amines is 1. The highest BCUT2D eigenvalue weighted by molar-refractivity contribution is 5.48. The molecule has 1 unspecified atom stereocenters. The SMILES string of the molecule is COc1ncnc(NC(C)c2cn[nH]c2)c1C. The summed E-state index contributed by atoms with van der Waals surface area (Å²) in [4.78, 5) is 8.24. The van der Waals surface area contributed by atoms with Crippen molar-refractivity contribution < 1.29 is 4.74 Å². The lowest BCUT2D eigenvalue weighted by atomic mass is 10.2. The van der Waals surface area contributed by atoms with E-state index in [4.69, 9.17) is 4.74 Å². The van der Waals surface area contributed by atoms with Crippen molar-refractivity contribution >= 4 is 5.82 Å². The van der Waals surface area contributed by atoms with E-state index in [0.29, 0.717) is 5.88 Å². The summed E-state index contributed by atoms with van der Waals surface area (Å²) in [5, 5.41) is 10.0. The molecule has 0 spiro atoms. The smallest absolute Gasteiger partial charge is 0.221 e. The molecule has 90 valence electrons. The first-order valence-electron chi connectivity index (χ1n) is 5.33. The minimum absolute atomic E-state index is 0.118. The third-order valence-electron chi connectivity index (χ3n) is 2.60. The molecular weight excluding hydrogens is 218 g/mol. The highest BCUT2D eigenvalue weighted by Crippen LogP contribution is 2.23. The van der Waals surface area contributed by atoms with Gasteiger partial charge in [-0.2, -0.15) is 5.10 Å². The molecule has 2 N–H and O–H groups in total. The van der Waals surface area contributed by atoms with E-state index in [1.807, 2.05) is 20.0 Å². The van der Waals surface area contributed by atoms with Crippen LogP contribution in [0, 0.1) is 6.92 Å². The van der Waals surface area contributed by atoms with Crippen molar-refractivity contribution in [3.8, 4) is 5.88 Å². The third kappa shape index (κ3) is 2.35. The van der Waals surface area contributed by atoms with Crippen LogP contribution in [0.1, 0.15) is 24.1 Å². The van der Waals surface area contributed by atoms with E-state index in [9.17, 15) is 0 Å². The van der Waals surface area contributed by atoms with Gasteiger partial charge in [0.15, 0.2) is 0 Å². The number of methoxy groups -OCH3 is 1. The highest BCUT2D eigenvalue weighted by atomic mass is 16.5.